The maximum absolute atomic E-state index is 8.40. The summed E-state index contributed by atoms with van der Waals surface area (Å²) in [5, 5.41) is 15.7. The van der Waals surface area contributed by atoms with Crippen LogP contribution in [-0.2, 0) is 0 Å². The second-order valence-corrected chi connectivity index (χ2v) is 2.31. The van der Waals surface area contributed by atoms with Crippen molar-refractivity contribution in [3.05, 3.63) is 16.8 Å². The summed E-state index contributed by atoms with van der Waals surface area (Å²) >= 11 is 5.54. The van der Waals surface area contributed by atoms with Gasteiger partial charge in [-0.1, -0.05) is 23.4 Å². The van der Waals surface area contributed by atoms with E-state index in [-0.39, 0.29) is 17.6 Å². The van der Waals surface area contributed by atoms with Crippen molar-refractivity contribution in [2.24, 2.45) is 0 Å². The van der Waals surface area contributed by atoms with Crippen LogP contribution in [0.15, 0.2) is 6.07 Å². The lowest BCUT2D eigenvalue weighted by atomic mass is 10.3. The molecular weight excluding hydrogens is 178 g/mol. The lowest BCUT2D eigenvalue weighted by Crippen LogP contribution is -1.96. The Morgan fingerprint density at radius 1 is 1.58 bits per heavy atom. The molecule has 0 aliphatic carbocycles. The normalized spacial score (nSPS) is 8.83. The number of nitrogens with zero attached hydrogens (tertiary/aromatic N) is 2. The molecule has 0 unspecified atom stereocenters. The number of rotatable bonds is 0. The summed E-state index contributed by atoms with van der Waals surface area (Å²) in [4.78, 5) is 0. The summed E-state index contributed by atoms with van der Waals surface area (Å²) in [6, 6.07) is 1.49. The second kappa shape index (κ2) is 3.90. The molecule has 0 fully saturated rings. The van der Waals surface area contributed by atoms with Gasteiger partial charge in [-0.15, -0.1) is 10.2 Å². The zero-order valence-electron chi connectivity index (χ0n) is 6.08. The third kappa shape index (κ3) is 2.09. The Balaban J connectivity index is 3.05. The van der Waals surface area contributed by atoms with Crippen molar-refractivity contribution >= 4 is 17.4 Å². The number of nitrogens with two attached hydrogens (primary N) is 1. The molecule has 0 aliphatic heterocycles. The van der Waals surface area contributed by atoms with Crippen LogP contribution >= 0.6 is 11.6 Å². The lowest BCUT2D eigenvalue weighted by Gasteiger charge is -1.94. The topological polar surface area (TPSA) is 72.0 Å². The Labute approximate surface area is 74.4 Å². The molecule has 0 aliphatic rings. The molecule has 0 saturated heterocycles. The zero-order chi connectivity index (χ0) is 8.97. The average Bonchev–Trinajstić information content (AvgIpc) is 2.07. The van der Waals surface area contributed by atoms with E-state index < -0.39 is 0 Å². The van der Waals surface area contributed by atoms with Gasteiger partial charge in [-0.2, -0.15) is 0 Å². The largest absolute Gasteiger partial charge is 0.384 e. The van der Waals surface area contributed by atoms with Gasteiger partial charge in [0.05, 0.1) is 5.56 Å². The molecule has 0 bridgehead atoms. The highest BCUT2D eigenvalue weighted by Crippen LogP contribution is 2.10. The van der Waals surface area contributed by atoms with E-state index in [1.165, 1.54) is 6.07 Å². The summed E-state index contributed by atoms with van der Waals surface area (Å²) in [5.74, 6) is 5.23. The first-order valence-corrected chi connectivity index (χ1v) is 3.50. The molecule has 0 atom stereocenters. The fraction of sp³-hybridized carbons (Fsp3) is 0.143. The maximum atomic E-state index is 8.40. The van der Waals surface area contributed by atoms with Crippen molar-refractivity contribution in [3.8, 4) is 11.8 Å². The predicted molar refractivity (Wildman–Crippen MR) is 45.4 cm³/mol. The molecule has 1 aromatic heterocycles. The van der Waals surface area contributed by atoms with Gasteiger partial charge < -0.3 is 10.8 Å². The van der Waals surface area contributed by atoms with Crippen LogP contribution in [-0.4, -0.2) is 21.9 Å². The Morgan fingerprint density at radius 3 is 3.00 bits per heavy atom. The highest BCUT2D eigenvalue weighted by atomic mass is 35.5. The zero-order valence-corrected chi connectivity index (χ0v) is 6.84. The van der Waals surface area contributed by atoms with Crippen molar-refractivity contribution in [3.63, 3.8) is 0 Å². The Morgan fingerprint density at radius 2 is 2.33 bits per heavy atom. The minimum Gasteiger partial charge on any atom is -0.384 e. The van der Waals surface area contributed by atoms with E-state index in [1.54, 1.807) is 0 Å². The molecule has 0 radical (unpaired) electrons. The molecule has 0 saturated carbocycles. The fourth-order valence-electron chi connectivity index (χ4n) is 0.612. The molecule has 5 heteroatoms. The number of hydrogen-bond donors (Lipinski definition) is 2. The van der Waals surface area contributed by atoms with Gasteiger partial charge in [0.2, 0.25) is 0 Å². The van der Waals surface area contributed by atoms with E-state index >= 15 is 0 Å². The van der Waals surface area contributed by atoms with Gasteiger partial charge in [0.1, 0.15) is 6.61 Å². The van der Waals surface area contributed by atoms with Crippen LogP contribution in [0.4, 0.5) is 5.82 Å². The monoisotopic (exact) mass is 183 g/mol. The van der Waals surface area contributed by atoms with E-state index in [4.69, 9.17) is 22.4 Å². The van der Waals surface area contributed by atoms with E-state index in [0.29, 0.717) is 5.56 Å². The fourth-order valence-corrected chi connectivity index (χ4v) is 0.759. The summed E-state index contributed by atoms with van der Waals surface area (Å²) < 4.78 is 0. The third-order valence-electron chi connectivity index (χ3n) is 1.09. The quantitative estimate of drug-likeness (QED) is 0.558. The van der Waals surface area contributed by atoms with Crippen LogP contribution in [0, 0.1) is 11.8 Å². The summed E-state index contributed by atoms with van der Waals surface area (Å²) in [7, 11) is 0. The van der Waals surface area contributed by atoms with Crippen molar-refractivity contribution in [1.82, 2.24) is 10.2 Å². The Bertz CT molecular complexity index is 342. The minimum atomic E-state index is -0.223. The highest BCUT2D eigenvalue weighted by molar-refractivity contribution is 6.29. The molecule has 12 heavy (non-hydrogen) atoms. The number of halogens is 1. The lowest BCUT2D eigenvalue weighted by molar-refractivity contribution is 0.350. The van der Waals surface area contributed by atoms with Gasteiger partial charge in [-0.05, 0) is 6.07 Å². The van der Waals surface area contributed by atoms with Crippen molar-refractivity contribution < 1.29 is 5.11 Å². The molecule has 3 N–H and O–H groups in total. The molecule has 4 nitrogen and oxygen atoms in total. The van der Waals surface area contributed by atoms with Gasteiger partial charge in [0.15, 0.2) is 11.0 Å². The van der Waals surface area contributed by atoms with Crippen LogP contribution in [0.3, 0.4) is 0 Å². The van der Waals surface area contributed by atoms with Crippen LogP contribution in [0.2, 0.25) is 5.15 Å². The van der Waals surface area contributed by atoms with E-state index in [2.05, 4.69) is 22.0 Å². The van der Waals surface area contributed by atoms with Crippen LogP contribution in [0.1, 0.15) is 5.56 Å². The second-order valence-electron chi connectivity index (χ2n) is 1.93. The van der Waals surface area contributed by atoms with Gasteiger partial charge in [-0.3, -0.25) is 0 Å². The number of anilines is 1. The van der Waals surface area contributed by atoms with Crippen LogP contribution in [0.25, 0.3) is 0 Å². The highest BCUT2D eigenvalue weighted by Gasteiger charge is 1.98. The molecule has 0 aromatic carbocycles. The van der Waals surface area contributed by atoms with Crippen LogP contribution < -0.4 is 5.73 Å². The standard InChI is InChI=1S/C7H6ClN3O/c8-6-4-5(2-1-3-12)7(9)11-10-6/h4,12H,3H2,(H2,9,11). The number of aliphatic hydroxyl groups excluding tert-OH is 1. The van der Waals surface area contributed by atoms with Gasteiger partial charge >= 0.3 is 0 Å². The SMILES string of the molecule is Nc1nnc(Cl)cc1C#CCO. The molecule has 0 amide bonds. The van der Waals surface area contributed by atoms with Crippen LogP contribution in [0.5, 0.6) is 0 Å². The summed E-state index contributed by atoms with van der Waals surface area (Å²) in [5.41, 5.74) is 5.89. The number of hydrogen-bond acceptors (Lipinski definition) is 4. The first-order chi connectivity index (χ1) is 5.74. The Hall–Kier alpha value is -1.31. The number of aromatic nitrogens is 2. The van der Waals surface area contributed by atoms with Crippen molar-refractivity contribution in [1.29, 1.82) is 0 Å². The third-order valence-corrected chi connectivity index (χ3v) is 1.28. The first-order valence-electron chi connectivity index (χ1n) is 3.12. The first kappa shape index (κ1) is 8.78. The van der Waals surface area contributed by atoms with Gasteiger partial charge in [0.25, 0.3) is 0 Å². The van der Waals surface area contributed by atoms with Crippen molar-refractivity contribution in [2.45, 2.75) is 0 Å². The number of nitrogen functional groups attached to an aromatic ring is 1. The van der Waals surface area contributed by atoms with Gasteiger partial charge in [-0.25, -0.2) is 0 Å². The van der Waals surface area contributed by atoms with Crippen molar-refractivity contribution in [2.75, 3.05) is 12.3 Å². The predicted octanol–water partition coefficient (Wildman–Crippen LogP) is 0.0560. The molecule has 62 valence electrons. The average molecular weight is 184 g/mol. The molecule has 1 aromatic rings. The maximum Gasteiger partial charge on any atom is 0.162 e. The van der Waals surface area contributed by atoms with Gasteiger partial charge in [0, 0.05) is 0 Å². The molecular formula is C7H6ClN3O. The van der Waals surface area contributed by atoms with E-state index in [9.17, 15) is 0 Å². The number of aliphatic hydroxyl groups is 1. The molecule has 1 rings (SSSR count). The van der Waals surface area contributed by atoms with E-state index in [1.807, 2.05) is 0 Å². The van der Waals surface area contributed by atoms with E-state index in [0.717, 1.165) is 0 Å². The smallest absolute Gasteiger partial charge is 0.162 e. The molecule has 0 spiro atoms. The summed E-state index contributed by atoms with van der Waals surface area (Å²) in [6.07, 6.45) is 0. The minimum absolute atomic E-state index is 0.209. The Kier molecular flexibility index (Phi) is 2.86. The summed E-state index contributed by atoms with van der Waals surface area (Å²) in [6.45, 7) is -0.223. The molecule has 1 heterocycles.